The first-order chi connectivity index (χ1) is 10.9. The molecule has 2 rings (SSSR count). The molecule has 4 atom stereocenters. The molecule has 0 aromatic carbocycles. The lowest BCUT2D eigenvalue weighted by atomic mass is 9.63. The van der Waals surface area contributed by atoms with Crippen LogP contribution in [0.5, 0.6) is 0 Å². The van der Waals surface area contributed by atoms with Gasteiger partial charge >= 0.3 is 0 Å². The van der Waals surface area contributed by atoms with Gasteiger partial charge in [0.25, 0.3) is 0 Å². The van der Waals surface area contributed by atoms with E-state index in [2.05, 4.69) is 52.4 Å². The zero-order valence-electron chi connectivity index (χ0n) is 15.9. The second-order valence-corrected chi connectivity index (χ2v) is 8.04. The van der Waals surface area contributed by atoms with Crippen LogP contribution < -0.4 is 0 Å². The molecule has 0 N–H and O–H groups in total. The van der Waals surface area contributed by atoms with Crippen LogP contribution in [0.4, 0.5) is 0 Å². The number of nitrogens with zero attached hydrogens (tertiary/aromatic N) is 1. The van der Waals surface area contributed by atoms with E-state index in [0.717, 1.165) is 25.7 Å². The van der Waals surface area contributed by atoms with E-state index < -0.39 is 0 Å². The number of ether oxygens (including phenoxy) is 2. The normalized spacial score (nSPS) is 31.7. The Bertz CT molecular complexity index is 397. The first-order valence-electron chi connectivity index (χ1n) is 9.63. The van der Waals surface area contributed by atoms with E-state index in [9.17, 15) is 0 Å². The van der Waals surface area contributed by atoms with Gasteiger partial charge < -0.3 is 9.47 Å². The molecule has 0 radical (unpaired) electrons. The Morgan fingerprint density at radius 3 is 1.57 bits per heavy atom. The maximum Gasteiger partial charge on any atom is 0.166 e. The first-order valence-corrected chi connectivity index (χ1v) is 10.1. The molecule has 0 saturated heterocycles. The Balaban J connectivity index is 2.32. The van der Waals surface area contributed by atoms with Crippen LogP contribution in [0, 0.1) is 5.41 Å². The average molecular weight is 337 g/mol. The van der Waals surface area contributed by atoms with Crippen molar-refractivity contribution in [1.82, 2.24) is 0 Å². The van der Waals surface area contributed by atoms with Crippen LogP contribution in [-0.2, 0) is 9.47 Å². The minimum Gasteiger partial charge on any atom is -0.349 e. The molecule has 3 nitrogen and oxygen atoms in total. The fourth-order valence-corrected chi connectivity index (χ4v) is 4.79. The molecule has 2 aliphatic carbocycles. The highest BCUT2D eigenvalue weighted by Gasteiger charge is 2.56. The highest BCUT2D eigenvalue weighted by molar-refractivity contribution is 7.04. The van der Waals surface area contributed by atoms with Gasteiger partial charge in [-0.05, 0) is 59.2 Å². The predicted molar refractivity (Wildman–Crippen MR) is 104 cm³/mol. The third kappa shape index (κ3) is 3.58. The van der Waals surface area contributed by atoms with Crippen LogP contribution in [0.25, 0.3) is 0 Å². The largest absolute Gasteiger partial charge is 0.349 e. The third-order valence-corrected chi connectivity index (χ3v) is 7.12. The molecule has 0 aromatic rings. The molecule has 4 unspecified atom stereocenters. The zero-order valence-corrected chi connectivity index (χ0v) is 16.9. The van der Waals surface area contributed by atoms with Crippen LogP contribution in [-0.4, -0.2) is 39.7 Å². The zero-order chi connectivity index (χ0) is 17.3. The van der Waals surface area contributed by atoms with Gasteiger partial charge in [-0.15, -0.1) is 0 Å². The van der Waals surface area contributed by atoms with Crippen molar-refractivity contribution in [3.05, 3.63) is 0 Å². The van der Waals surface area contributed by atoms with Crippen molar-refractivity contribution in [3.8, 4) is 0 Å². The molecule has 2 fully saturated rings. The van der Waals surface area contributed by atoms with Gasteiger partial charge in [0, 0.05) is 5.41 Å². The van der Waals surface area contributed by atoms with Gasteiger partial charge in [-0.25, -0.2) is 0 Å². The van der Waals surface area contributed by atoms with Gasteiger partial charge in [-0.1, -0.05) is 27.7 Å². The van der Waals surface area contributed by atoms with Crippen LogP contribution >= 0.6 is 9.03 Å². The van der Waals surface area contributed by atoms with Crippen LogP contribution in [0.2, 0.25) is 11.6 Å². The summed E-state index contributed by atoms with van der Waals surface area (Å²) in [4.78, 5) is 0. The summed E-state index contributed by atoms with van der Waals surface area (Å²) in [7, 11) is 8.07. The molecule has 0 bridgehead atoms. The fraction of sp³-hybridized carbons (Fsp3) is 1.00. The Morgan fingerprint density at radius 1 is 0.957 bits per heavy atom. The van der Waals surface area contributed by atoms with Crippen LogP contribution in [0.1, 0.15) is 66.2 Å². The van der Waals surface area contributed by atoms with Crippen LogP contribution in [0.3, 0.4) is 0 Å². The van der Waals surface area contributed by atoms with Crippen molar-refractivity contribution in [1.29, 1.82) is 0 Å². The Hall–Kier alpha value is 0.150. The van der Waals surface area contributed by atoms with Gasteiger partial charge in [-0.3, -0.25) is 4.74 Å². The summed E-state index contributed by atoms with van der Waals surface area (Å²) in [6.07, 6.45) is 6.96. The smallest absolute Gasteiger partial charge is 0.166 e. The van der Waals surface area contributed by atoms with Gasteiger partial charge in [0.1, 0.15) is 15.7 Å². The van der Waals surface area contributed by atoms with Crippen LogP contribution in [0.15, 0.2) is 4.74 Å². The molecule has 23 heavy (non-hydrogen) atoms. The second kappa shape index (κ2) is 7.58. The van der Waals surface area contributed by atoms with Gasteiger partial charge in [0.05, 0.1) is 17.7 Å². The Kier molecular flexibility index (Phi) is 6.42. The maximum absolute atomic E-state index is 6.53. The summed E-state index contributed by atoms with van der Waals surface area (Å²) in [6.45, 7) is 9.02. The highest BCUT2D eigenvalue weighted by Crippen LogP contribution is 2.54. The van der Waals surface area contributed by atoms with Crippen molar-refractivity contribution in [2.24, 2.45) is 10.2 Å². The molecule has 0 amide bonds. The summed E-state index contributed by atoms with van der Waals surface area (Å²) < 4.78 is 17.8. The fourth-order valence-electron chi connectivity index (χ4n) is 4.25. The predicted octanol–water partition coefficient (Wildman–Crippen LogP) is 3.43. The number of hydrogen-bond donors (Lipinski definition) is 0. The molecule has 0 aromatic heterocycles. The minimum atomic E-state index is -0.151. The van der Waals surface area contributed by atoms with Crippen molar-refractivity contribution in [2.75, 3.05) is 0 Å². The van der Waals surface area contributed by atoms with Gasteiger partial charge in [0.15, 0.2) is 6.29 Å². The van der Waals surface area contributed by atoms with Gasteiger partial charge in [0.2, 0.25) is 0 Å². The van der Waals surface area contributed by atoms with E-state index in [1.54, 1.807) is 0 Å². The molecular weight excluding hydrogens is 303 g/mol. The summed E-state index contributed by atoms with van der Waals surface area (Å²) in [5, 5.41) is 0. The van der Waals surface area contributed by atoms with E-state index in [4.69, 9.17) is 14.2 Å². The van der Waals surface area contributed by atoms with E-state index >= 15 is 0 Å². The minimum absolute atomic E-state index is 0.0805. The van der Waals surface area contributed by atoms with E-state index in [0.29, 0.717) is 23.8 Å². The monoisotopic (exact) mass is 337 g/mol. The van der Waals surface area contributed by atoms with Crippen molar-refractivity contribution >= 4 is 24.7 Å². The van der Waals surface area contributed by atoms with Crippen molar-refractivity contribution < 1.29 is 9.47 Å². The van der Waals surface area contributed by atoms with Crippen molar-refractivity contribution in [3.63, 3.8) is 0 Å². The number of hydrogen-bond acceptors (Lipinski definition) is 3. The lowest BCUT2D eigenvalue weighted by Crippen LogP contribution is -2.55. The Labute approximate surface area is 146 Å². The van der Waals surface area contributed by atoms with E-state index in [-0.39, 0.29) is 17.2 Å². The highest BCUT2D eigenvalue weighted by atomic mass is 31.0. The third-order valence-electron chi connectivity index (χ3n) is 6.69. The standard InChI is InChI=1S/C17H34B2NO2P/c1-5-16(6-2,17(7-3,8-4)20-23)15(21-13-9-11(13)18)22-14-10-12(14)19/h11-15,23H,5-10,18-19H2,1-4H3. The molecule has 6 heteroatoms. The van der Waals surface area contributed by atoms with E-state index in [1.165, 1.54) is 12.8 Å². The number of rotatable bonds is 11. The van der Waals surface area contributed by atoms with E-state index in [1.807, 2.05) is 0 Å². The maximum atomic E-state index is 6.53. The quantitative estimate of drug-likeness (QED) is 0.329. The SMILES string of the molecule is BC1CC1OC(OC1CC1B)C(CC)(CC)C(CC)(CC)N=P. The summed E-state index contributed by atoms with van der Waals surface area (Å²) in [6, 6.07) is 0. The van der Waals surface area contributed by atoms with Gasteiger partial charge in [-0.2, -0.15) is 0 Å². The summed E-state index contributed by atoms with van der Waals surface area (Å²) in [5.41, 5.74) is -0.225. The first kappa shape index (κ1) is 19.5. The molecule has 130 valence electrons. The second-order valence-electron chi connectivity index (χ2n) is 7.82. The van der Waals surface area contributed by atoms with Crippen molar-refractivity contribution in [2.45, 2.75) is 102 Å². The summed E-state index contributed by atoms with van der Waals surface area (Å²) >= 11 is 0. The lowest BCUT2D eigenvalue weighted by molar-refractivity contribution is -0.240. The lowest BCUT2D eigenvalue weighted by Gasteiger charge is -2.50. The molecule has 2 saturated carbocycles. The molecule has 0 spiro atoms. The molecule has 0 heterocycles. The molecule has 2 aliphatic rings. The molecule has 0 aliphatic heterocycles. The molecular formula is C17H34B2NO2P. The Morgan fingerprint density at radius 2 is 1.35 bits per heavy atom. The average Bonchev–Trinajstić information content (AvgIpc) is 3.45. The topological polar surface area (TPSA) is 30.8 Å². The summed E-state index contributed by atoms with van der Waals surface area (Å²) in [5.74, 6) is 1.34.